The summed E-state index contributed by atoms with van der Waals surface area (Å²) in [7, 11) is 0. The summed E-state index contributed by atoms with van der Waals surface area (Å²) in [4.78, 5) is 26.8. The number of carbonyl (C=O) groups excluding carboxylic acids is 2. The molecule has 1 fully saturated rings. The van der Waals surface area contributed by atoms with E-state index in [2.05, 4.69) is 6.07 Å². The van der Waals surface area contributed by atoms with Gasteiger partial charge in [0, 0.05) is 18.5 Å². The van der Waals surface area contributed by atoms with E-state index in [9.17, 15) is 14.9 Å². The summed E-state index contributed by atoms with van der Waals surface area (Å²) in [5.74, 6) is -0.692. The van der Waals surface area contributed by atoms with E-state index in [1.807, 2.05) is 33.8 Å². The molecule has 4 heteroatoms. The molecule has 4 nitrogen and oxygen atoms in total. The van der Waals surface area contributed by atoms with Gasteiger partial charge in [0.2, 0.25) is 5.91 Å². The molecule has 0 aromatic heterocycles. The summed E-state index contributed by atoms with van der Waals surface area (Å²) in [6, 6.07) is 2.07. The fraction of sp³-hybridized carbons (Fsp3) is 0.667. The average molecular weight is 260 g/mol. The number of rotatable bonds is 1. The minimum Gasteiger partial charge on any atom is -0.338 e. The van der Waals surface area contributed by atoms with Gasteiger partial charge in [-0.1, -0.05) is 6.08 Å². The Kier molecular flexibility index (Phi) is 3.04. The summed E-state index contributed by atoms with van der Waals surface area (Å²) >= 11 is 0. The molecule has 102 valence electrons. The number of nitriles is 1. The zero-order chi connectivity index (χ0) is 14.4. The van der Waals surface area contributed by atoms with Crippen molar-refractivity contribution in [2.24, 2.45) is 16.7 Å². The molecule has 1 heterocycles. The van der Waals surface area contributed by atoms with E-state index in [-0.39, 0.29) is 11.7 Å². The fourth-order valence-electron chi connectivity index (χ4n) is 3.56. The lowest BCUT2D eigenvalue weighted by Crippen LogP contribution is -2.56. The number of ketones is 1. The van der Waals surface area contributed by atoms with E-state index in [0.29, 0.717) is 19.5 Å². The number of nitrogens with zero attached hydrogens (tertiary/aromatic N) is 2. The van der Waals surface area contributed by atoms with Gasteiger partial charge in [0.25, 0.3) is 0 Å². The van der Waals surface area contributed by atoms with Gasteiger partial charge in [-0.3, -0.25) is 9.59 Å². The van der Waals surface area contributed by atoms with Crippen LogP contribution in [0.5, 0.6) is 0 Å². The Bertz CT molecular complexity index is 513. The summed E-state index contributed by atoms with van der Waals surface area (Å²) in [5.41, 5.74) is -0.527. The number of likely N-dealkylation sites (N-methyl/N-ethyl adjacent to an activating group) is 1. The molecule has 0 spiro atoms. The van der Waals surface area contributed by atoms with Crippen molar-refractivity contribution in [3.63, 3.8) is 0 Å². The third-order valence-corrected chi connectivity index (χ3v) is 4.63. The predicted octanol–water partition coefficient (Wildman–Crippen LogP) is 1.92. The second-order valence-corrected chi connectivity index (χ2v) is 6.17. The zero-order valence-corrected chi connectivity index (χ0v) is 12.0. The molecule has 19 heavy (non-hydrogen) atoms. The topological polar surface area (TPSA) is 61.2 Å². The molecule has 0 bridgehead atoms. The third kappa shape index (κ3) is 1.72. The molecular formula is C15H20N2O2. The Morgan fingerprint density at radius 2 is 2.05 bits per heavy atom. The fourth-order valence-corrected chi connectivity index (χ4v) is 3.56. The molecule has 2 rings (SSSR count). The van der Waals surface area contributed by atoms with Crippen molar-refractivity contribution < 1.29 is 9.59 Å². The van der Waals surface area contributed by atoms with Crippen molar-refractivity contribution >= 4 is 11.7 Å². The van der Waals surface area contributed by atoms with E-state index in [4.69, 9.17) is 0 Å². The number of hydrogen-bond acceptors (Lipinski definition) is 3. The highest BCUT2D eigenvalue weighted by atomic mass is 16.2. The summed E-state index contributed by atoms with van der Waals surface area (Å²) < 4.78 is 0. The first-order valence-corrected chi connectivity index (χ1v) is 6.73. The average Bonchev–Trinajstić information content (AvgIpc) is 2.37. The van der Waals surface area contributed by atoms with Gasteiger partial charge in [0.05, 0.1) is 11.5 Å². The molecule has 1 amide bonds. The van der Waals surface area contributed by atoms with Crippen LogP contribution in [0.3, 0.4) is 0 Å². The van der Waals surface area contributed by atoms with E-state index < -0.39 is 16.7 Å². The van der Waals surface area contributed by atoms with Gasteiger partial charge in [0.1, 0.15) is 5.92 Å². The molecule has 2 unspecified atom stereocenters. The van der Waals surface area contributed by atoms with Crippen LogP contribution in [0.15, 0.2) is 11.6 Å². The molecule has 0 aromatic carbocycles. The molecule has 0 aromatic rings. The standard InChI is InChI=1S/C15H20N2O2/c1-5-17-7-6-11-14(2,3)12(18)10(9-16)8-15(11,4)13(17)19/h6,10H,5,7-8H2,1-4H3. The quantitative estimate of drug-likeness (QED) is 0.677. The highest BCUT2D eigenvalue weighted by Gasteiger charge is 2.56. The van der Waals surface area contributed by atoms with Crippen molar-refractivity contribution in [2.75, 3.05) is 13.1 Å². The Balaban J connectivity index is 2.56. The Hall–Kier alpha value is -1.63. The monoisotopic (exact) mass is 260 g/mol. The first kappa shape index (κ1) is 13.8. The lowest BCUT2D eigenvalue weighted by atomic mass is 9.55. The number of Topliss-reactive ketones (excluding diaryl/α,β-unsaturated/α-hetero) is 1. The summed E-state index contributed by atoms with van der Waals surface area (Å²) in [6.45, 7) is 8.70. The van der Waals surface area contributed by atoms with E-state index in [1.54, 1.807) is 4.90 Å². The molecule has 2 aliphatic rings. The number of amides is 1. The van der Waals surface area contributed by atoms with Gasteiger partial charge in [-0.2, -0.15) is 5.26 Å². The highest BCUT2D eigenvalue weighted by Crippen LogP contribution is 2.52. The van der Waals surface area contributed by atoms with Crippen LogP contribution >= 0.6 is 0 Å². The number of carbonyl (C=O) groups is 2. The summed E-state index contributed by atoms with van der Waals surface area (Å²) in [5, 5.41) is 9.19. The van der Waals surface area contributed by atoms with Crippen molar-refractivity contribution in [2.45, 2.75) is 34.1 Å². The second kappa shape index (κ2) is 4.19. The molecule has 1 aliphatic carbocycles. The Morgan fingerprint density at radius 1 is 1.42 bits per heavy atom. The van der Waals surface area contributed by atoms with Crippen LogP contribution in [-0.4, -0.2) is 29.7 Å². The first-order valence-electron chi connectivity index (χ1n) is 6.73. The molecular weight excluding hydrogens is 240 g/mol. The van der Waals surface area contributed by atoms with Crippen LogP contribution in [0.4, 0.5) is 0 Å². The first-order chi connectivity index (χ1) is 8.79. The molecule has 1 aliphatic heterocycles. The zero-order valence-electron chi connectivity index (χ0n) is 12.0. The third-order valence-electron chi connectivity index (χ3n) is 4.63. The van der Waals surface area contributed by atoms with Crippen LogP contribution in [0, 0.1) is 28.1 Å². The van der Waals surface area contributed by atoms with Crippen molar-refractivity contribution in [1.82, 2.24) is 4.90 Å². The maximum Gasteiger partial charge on any atom is 0.232 e. The maximum absolute atomic E-state index is 12.6. The van der Waals surface area contributed by atoms with E-state index >= 15 is 0 Å². The SMILES string of the molecule is CCN1CC=C2C(C)(C)C(=O)C(C#N)CC2(C)C1=O. The predicted molar refractivity (Wildman–Crippen MR) is 71.0 cm³/mol. The normalized spacial score (nSPS) is 33.5. The Labute approximate surface area is 114 Å². The maximum atomic E-state index is 12.6. The van der Waals surface area contributed by atoms with E-state index in [1.165, 1.54) is 0 Å². The minimum absolute atomic E-state index is 0.0494. The molecule has 0 radical (unpaired) electrons. The van der Waals surface area contributed by atoms with Gasteiger partial charge in [-0.15, -0.1) is 0 Å². The molecule has 0 N–H and O–H groups in total. The van der Waals surface area contributed by atoms with Gasteiger partial charge in [0.15, 0.2) is 5.78 Å². The molecule has 1 saturated carbocycles. The van der Waals surface area contributed by atoms with Gasteiger partial charge >= 0.3 is 0 Å². The minimum atomic E-state index is -0.719. The molecule has 2 atom stereocenters. The summed E-state index contributed by atoms with van der Waals surface area (Å²) in [6.07, 6.45) is 2.32. The Morgan fingerprint density at radius 3 is 2.58 bits per heavy atom. The molecule has 0 saturated heterocycles. The number of fused-ring (bicyclic) bond motifs is 1. The van der Waals surface area contributed by atoms with E-state index in [0.717, 1.165) is 5.57 Å². The number of hydrogen-bond donors (Lipinski definition) is 0. The van der Waals surface area contributed by atoms with Gasteiger partial charge in [-0.25, -0.2) is 0 Å². The van der Waals surface area contributed by atoms with Crippen molar-refractivity contribution in [1.29, 1.82) is 5.26 Å². The van der Waals surface area contributed by atoms with Crippen molar-refractivity contribution in [3.05, 3.63) is 11.6 Å². The smallest absolute Gasteiger partial charge is 0.232 e. The second-order valence-electron chi connectivity index (χ2n) is 6.17. The van der Waals surface area contributed by atoms with Crippen LogP contribution in [0.1, 0.15) is 34.1 Å². The highest BCUT2D eigenvalue weighted by molar-refractivity contribution is 5.98. The van der Waals surface area contributed by atoms with Gasteiger partial charge < -0.3 is 4.90 Å². The largest absolute Gasteiger partial charge is 0.338 e. The lowest BCUT2D eigenvalue weighted by molar-refractivity contribution is -0.146. The van der Waals surface area contributed by atoms with Crippen LogP contribution in [0.25, 0.3) is 0 Å². The van der Waals surface area contributed by atoms with Crippen molar-refractivity contribution in [3.8, 4) is 6.07 Å². The van der Waals surface area contributed by atoms with Crippen LogP contribution in [-0.2, 0) is 9.59 Å². The van der Waals surface area contributed by atoms with Crippen LogP contribution < -0.4 is 0 Å². The van der Waals surface area contributed by atoms with Gasteiger partial charge in [-0.05, 0) is 39.7 Å². The van der Waals surface area contributed by atoms with Crippen LogP contribution in [0.2, 0.25) is 0 Å². The lowest BCUT2D eigenvalue weighted by Gasteiger charge is -2.49.